The fourth-order valence-electron chi connectivity index (χ4n) is 2.14. The van der Waals surface area contributed by atoms with Crippen molar-refractivity contribution in [1.82, 2.24) is 0 Å². The van der Waals surface area contributed by atoms with E-state index >= 15 is 0 Å². The smallest absolute Gasteiger partial charge is 0.247 e. The van der Waals surface area contributed by atoms with Crippen LogP contribution >= 0.6 is 15.9 Å². The van der Waals surface area contributed by atoms with E-state index in [0.717, 1.165) is 11.3 Å². The maximum Gasteiger partial charge on any atom is 0.247 e. The first-order valence-corrected chi connectivity index (χ1v) is 7.23. The van der Waals surface area contributed by atoms with E-state index in [1.165, 1.54) is 6.07 Å². The molecule has 0 radical (unpaired) electrons. The van der Waals surface area contributed by atoms with Crippen LogP contribution in [0.5, 0.6) is 0 Å². The van der Waals surface area contributed by atoms with Crippen LogP contribution in [0.3, 0.4) is 0 Å². The maximum absolute atomic E-state index is 14.2. The number of nitrogens with two attached hydrogens (primary N) is 1. The highest BCUT2D eigenvalue weighted by Gasteiger charge is 2.36. The highest BCUT2D eigenvalue weighted by molar-refractivity contribution is 9.10. The van der Waals surface area contributed by atoms with Crippen molar-refractivity contribution in [2.24, 2.45) is 5.73 Å². The van der Waals surface area contributed by atoms with Crippen molar-refractivity contribution in [2.45, 2.75) is 19.4 Å². The number of hydrogen-bond acceptors (Lipinski definition) is 2. The molecule has 21 heavy (non-hydrogen) atoms. The third-order valence-corrected chi connectivity index (χ3v) is 3.99. The molecule has 2 rings (SSSR count). The first kappa shape index (κ1) is 15.5. The zero-order valence-electron chi connectivity index (χ0n) is 11.8. The van der Waals surface area contributed by atoms with Crippen molar-refractivity contribution in [3.8, 4) is 0 Å². The number of anilines is 1. The van der Waals surface area contributed by atoms with E-state index in [4.69, 9.17) is 5.73 Å². The summed E-state index contributed by atoms with van der Waals surface area (Å²) < 4.78 is 14.8. The van der Waals surface area contributed by atoms with Gasteiger partial charge in [0.15, 0.2) is 0 Å². The van der Waals surface area contributed by atoms with Crippen molar-refractivity contribution in [3.63, 3.8) is 0 Å². The molecular weight excluding hydrogens is 335 g/mol. The van der Waals surface area contributed by atoms with E-state index < -0.39 is 17.3 Å². The monoisotopic (exact) mass is 350 g/mol. The molecule has 2 aromatic rings. The van der Waals surface area contributed by atoms with Crippen LogP contribution in [0.2, 0.25) is 0 Å². The topological polar surface area (TPSA) is 55.1 Å². The number of halogens is 2. The van der Waals surface area contributed by atoms with Gasteiger partial charge in [-0.3, -0.25) is 4.79 Å². The Kier molecular flexibility index (Phi) is 4.32. The number of para-hydroxylation sites is 1. The van der Waals surface area contributed by atoms with Gasteiger partial charge in [0.05, 0.1) is 0 Å². The van der Waals surface area contributed by atoms with E-state index in [1.807, 2.05) is 31.2 Å². The Morgan fingerprint density at radius 1 is 1.29 bits per heavy atom. The van der Waals surface area contributed by atoms with Gasteiger partial charge in [-0.2, -0.15) is 0 Å². The van der Waals surface area contributed by atoms with E-state index in [9.17, 15) is 9.18 Å². The average molecular weight is 351 g/mol. The normalized spacial score (nSPS) is 13.5. The third kappa shape index (κ3) is 3.08. The molecule has 0 saturated heterocycles. The van der Waals surface area contributed by atoms with Crippen LogP contribution in [-0.4, -0.2) is 5.91 Å². The number of amides is 1. The van der Waals surface area contributed by atoms with Crippen molar-refractivity contribution < 1.29 is 9.18 Å². The number of nitrogens with one attached hydrogen (secondary N) is 1. The van der Waals surface area contributed by atoms with Crippen LogP contribution in [0.15, 0.2) is 46.9 Å². The lowest BCUT2D eigenvalue weighted by atomic mass is 9.90. The summed E-state index contributed by atoms with van der Waals surface area (Å²) in [6.07, 6.45) is 0. The van der Waals surface area contributed by atoms with Crippen molar-refractivity contribution in [2.75, 3.05) is 5.32 Å². The molecule has 2 aromatic carbocycles. The van der Waals surface area contributed by atoms with Crippen LogP contribution < -0.4 is 11.1 Å². The SMILES string of the molecule is Cc1ccccc1NC(C)(C(N)=O)c1ccc(Br)cc1F. The first-order chi connectivity index (χ1) is 9.84. The van der Waals surface area contributed by atoms with Gasteiger partial charge in [-0.1, -0.05) is 40.2 Å². The van der Waals surface area contributed by atoms with Gasteiger partial charge in [-0.15, -0.1) is 0 Å². The number of aryl methyl sites for hydroxylation is 1. The molecule has 3 nitrogen and oxygen atoms in total. The first-order valence-electron chi connectivity index (χ1n) is 6.44. The van der Waals surface area contributed by atoms with E-state index in [0.29, 0.717) is 4.47 Å². The predicted octanol–water partition coefficient (Wildman–Crippen LogP) is 3.71. The second kappa shape index (κ2) is 5.85. The lowest BCUT2D eigenvalue weighted by Gasteiger charge is -2.30. The van der Waals surface area contributed by atoms with Gasteiger partial charge in [0.25, 0.3) is 0 Å². The predicted molar refractivity (Wildman–Crippen MR) is 85.4 cm³/mol. The zero-order valence-corrected chi connectivity index (χ0v) is 13.4. The number of rotatable bonds is 4. The summed E-state index contributed by atoms with van der Waals surface area (Å²) in [6, 6.07) is 12.0. The summed E-state index contributed by atoms with van der Waals surface area (Å²) in [6.45, 7) is 3.48. The average Bonchev–Trinajstić information content (AvgIpc) is 2.41. The third-order valence-electron chi connectivity index (χ3n) is 3.49. The highest BCUT2D eigenvalue weighted by Crippen LogP contribution is 2.30. The molecule has 1 atom stereocenters. The Labute approximate surface area is 131 Å². The Morgan fingerprint density at radius 3 is 2.52 bits per heavy atom. The standard InChI is InChI=1S/C16H16BrFN2O/c1-10-5-3-4-6-14(10)20-16(2,15(19)21)12-8-7-11(17)9-13(12)18/h3-9,20H,1-2H3,(H2,19,21). The molecule has 5 heteroatoms. The summed E-state index contributed by atoms with van der Waals surface area (Å²) in [7, 11) is 0. The minimum absolute atomic E-state index is 0.210. The number of benzene rings is 2. The molecule has 0 aliphatic rings. The number of primary amides is 1. The zero-order chi connectivity index (χ0) is 15.6. The van der Waals surface area contributed by atoms with E-state index in [-0.39, 0.29) is 5.56 Å². The van der Waals surface area contributed by atoms with Gasteiger partial charge < -0.3 is 11.1 Å². The van der Waals surface area contributed by atoms with E-state index in [2.05, 4.69) is 21.2 Å². The Morgan fingerprint density at radius 2 is 1.95 bits per heavy atom. The fourth-order valence-corrected chi connectivity index (χ4v) is 2.47. The number of hydrogen-bond donors (Lipinski definition) is 2. The van der Waals surface area contributed by atoms with Gasteiger partial charge in [0.2, 0.25) is 5.91 Å². The maximum atomic E-state index is 14.2. The van der Waals surface area contributed by atoms with Gasteiger partial charge >= 0.3 is 0 Å². The Hall–Kier alpha value is -1.88. The number of carbonyl (C=O) groups excluding carboxylic acids is 1. The summed E-state index contributed by atoms with van der Waals surface area (Å²) in [5.41, 5.74) is 6.09. The summed E-state index contributed by atoms with van der Waals surface area (Å²) in [5.74, 6) is -1.14. The molecule has 1 unspecified atom stereocenters. The molecule has 0 fully saturated rings. The second-order valence-electron chi connectivity index (χ2n) is 5.05. The van der Waals surface area contributed by atoms with Crippen molar-refractivity contribution in [3.05, 3.63) is 63.9 Å². The van der Waals surface area contributed by atoms with Crippen molar-refractivity contribution in [1.29, 1.82) is 0 Å². The quantitative estimate of drug-likeness (QED) is 0.882. The van der Waals surface area contributed by atoms with Crippen molar-refractivity contribution >= 4 is 27.5 Å². The second-order valence-corrected chi connectivity index (χ2v) is 5.97. The highest BCUT2D eigenvalue weighted by atomic mass is 79.9. The fraction of sp³-hybridized carbons (Fsp3) is 0.188. The lowest BCUT2D eigenvalue weighted by Crippen LogP contribution is -2.46. The minimum Gasteiger partial charge on any atom is -0.368 e. The number of carbonyl (C=O) groups is 1. The molecule has 0 spiro atoms. The Balaban J connectivity index is 2.51. The molecule has 0 aliphatic carbocycles. The summed E-state index contributed by atoms with van der Waals surface area (Å²) in [4.78, 5) is 12.0. The molecule has 0 aromatic heterocycles. The molecule has 3 N–H and O–H groups in total. The molecular formula is C16H16BrFN2O. The van der Waals surface area contributed by atoms with Gasteiger partial charge in [0.1, 0.15) is 11.4 Å². The van der Waals surface area contributed by atoms with Crippen LogP contribution in [0.4, 0.5) is 10.1 Å². The molecule has 110 valence electrons. The summed E-state index contributed by atoms with van der Waals surface area (Å²) in [5, 5.41) is 3.07. The lowest BCUT2D eigenvalue weighted by molar-refractivity contribution is -0.122. The molecule has 0 heterocycles. The van der Waals surface area contributed by atoms with E-state index in [1.54, 1.807) is 19.1 Å². The Bertz CT molecular complexity index is 690. The van der Waals surface area contributed by atoms with Gasteiger partial charge in [-0.05, 0) is 37.6 Å². The molecule has 0 bridgehead atoms. The van der Waals surface area contributed by atoms with Crippen LogP contribution in [-0.2, 0) is 10.3 Å². The molecule has 1 amide bonds. The van der Waals surface area contributed by atoms with Crippen LogP contribution in [0.25, 0.3) is 0 Å². The largest absolute Gasteiger partial charge is 0.368 e. The van der Waals surface area contributed by atoms with Gasteiger partial charge in [-0.25, -0.2) is 4.39 Å². The van der Waals surface area contributed by atoms with Crippen LogP contribution in [0, 0.1) is 12.7 Å². The van der Waals surface area contributed by atoms with Gasteiger partial charge in [0, 0.05) is 15.7 Å². The summed E-state index contributed by atoms with van der Waals surface area (Å²) >= 11 is 3.20. The minimum atomic E-state index is -1.34. The molecule has 0 aliphatic heterocycles. The van der Waals surface area contributed by atoms with Crippen LogP contribution in [0.1, 0.15) is 18.1 Å². The molecule has 0 saturated carbocycles.